The number of sulfonamides is 1. The summed E-state index contributed by atoms with van der Waals surface area (Å²) < 4.78 is 31.5. The molecule has 0 aliphatic carbocycles. The molecule has 0 aromatic heterocycles. The molecule has 0 atom stereocenters. The third-order valence-electron chi connectivity index (χ3n) is 5.21. The Bertz CT molecular complexity index is 1140. The van der Waals surface area contributed by atoms with Gasteiger partial charge < -0.3 is 10.1 Å². The normalized spacial score (nSPS) is 11.3. The second-order valence-corrected chi connectivity index (χ2v) is 9.57. The maximum Gasteiger partial charge on any atom is 0.232 e. The zero-order chi connectivity index (χ0) is 23.0. The van der Waals surface area contributed by atoms with Gasteiger partial charge in [0.05, 0.1) is 18.5 Å². The zero-order valence-corrected chi connectivity index (χ0v) is 19.4. The second kappa shape index (κ2) is 11.0. The molecule has 1 amide bonds. The molecule has 0 bridgehead atoms. The zero-order valence-electron chi connectivity index (χ0n) is 18.6. The summed E-state index contributed by atoms with van der Waals surface area (Å²) in [5.74, 6) is 0.637. The summed E-state index contributed by atoms with van der Waals surface area (Å²) in [5.41, 5.74) is 1.77. The lowest BCUT2D eigenvalue weighted by molar-refractivity contribution is -0.121. The number of aryl methyl sites for hydroxylation is 1. The lowest BCUT2D eigenvalue weighted by atomic mass is 10.1. The minimum atomic E-state index is -3.42. The average molecular weight is 455 g/mol. The number of ether oxygens (including phenoxy) is 1. The highest BCUT2D eigenvalue weighted by Gasteiger charge is 2.17. The van der Waals surface area contributed by atoms with Gasteiger partial charge in [0.1, 0.15) is 12.4 Å². The Morgan fingerprint density at radius 3 is 2.41 bits per heavy atom. The van der Waals surface area contributed by atoms with Crippen LogP contribution in [0, 0.1) is 0 Å². The number of anilines is 1. The Labute approximate surface area is 190 Å². The van der Waals surface area contributed by atoms with Crippen LogP contribution in [0.3, 0.4) is 0 Å². The second-order valence-electron chi connectivity index (χ2n) is 7.67. The summed E-state index contributed by atoms with van der Waals surface area (Å²) in [6.07, 6.45) is 2.75. The number of rotatable bonds is 11. The van der Waals surface area contributed by atoms with Gasteiger partial charge in [0, 0.05) is 13.0 Å². The molecule has 3 rings (SSSR count). The summed E-state index contributed by atoms with van der Waals surface area (Å²) >= 11 is 0. The number of hydrogen-bond donors (Lipinski definition) is 1. The number of hydrogen-bond acceptors (Lipinski definition) is 4. The standard InChI is InChI=1S/C25H30N2O4S/c1-3-20-10-13-23(14-11-20)27(32(2,29)30)17-6-9-25(28)26-16-18-31-24-15-12-21-7-4-5-8-22(21)19-24/h4-5,7-8,10-15,19H,3,6,9,16-18H2,1-2H3,(H,26,28). The molecule has 0 fully saturated rings. The van der Waals surface area contributed by atoms with Crippen molar-refractivity contribution < 1.29 is 17.9 Å². The van der Waals surface area contributed by atoms with E-state index in [1.54, 1.807) is 0 Å². The van der Waals surface area contributed by atoms with E-state index in [1.807, 2.05) is 66.7 Å². The molecule has 0 heterocycles. The molecule has 0 spiro atoms. The van der Waals surface area contributed by atoms with E-state index in [9.17, 15) is 13.2 Å². The first-order valence-electron chi connectivity index (χ1n) is 10.8. The van der Waals surface area contributed by atoms with Crippen molar-refractivity contribution in [3.63, 3.8) is 0 Å². The van der Waals surface area contributed by atoms with Crippen molar-refractivity contribution in [1.29, 1.82) is 0 Å². The Morgan fingerprint density at radius 2 is 1.72 bits per heavy atom. The molecule has 6 nitrogen and oxygen atoms in total. The summed E-state index contributed by atoms with van der Waals surface area (Å²) in [4.78, 5) is 12.1. The van der Waals surface area contributed by atoms with Gasteiger partial charge in [0.15, 0.2) is 0 Å². The van der Waals surface area contributed by atoms with Crippen molar-refractivity contribution in [3.05, 3.63) is 72.3 Å². The number of fused-ring (bicyclic) bond motifs is 1. The fraction of sp³-hybridized carbons (Fsp3) is 0.320. The number of carbonyl (C=O) groups is 1. The molecule has 0 aliphatic rings. The number of nitrogens with zero attached hydrogens (tertiary/aromatic N) is 1. The summed E-state index contributed by atoms with van der Waals surface area (Å²) in [5, 5.41) is 5.08. The van der Waals surface area contributed by atoms with Crippen LogP contribution in [-0.2, 0) is 21.2 Å². The van der Waals surface area contributed by atoms with Crippen LogP contribution in [0.5, 0.6) is 5.75 Å². The molecule has 0 saturated carbocycles. The van der Waals surface area contributed by atoms with Crippen LogP contribution in [0.15, 0.2) is 66.7 Å². The van der Waals surface area contributed by atoms with E-state index in [2.05, 4.69) is 12.2 Å². The third kappa shape index (κ3) is 6.72. The fourth-order valence-corrected chi connectivity index (χ4v) is 4.44. The van der Waals surface area contributed by atoms with Gasteiger partial charge in [-0.3, -0.25) is 9.10 Å². The van der Waals surface area contributed by atoms with Gasteiger partial charge >= 0.3 is 0 Å². The van der Waals surface area contributed by atoms with Gasteiger partial charge in [-0.1, -0.05) is 49.4 Å². The Balaban J connectivity index is 1.41. The summed E-state index contributed by atoms with van der Waals surface area (Å²) in [6.45, 7) is 3.06. The van der Waals surface area contributed by atoms with Crippen molar-refractivity contribution in [3.8, 4) is 5.75 Å². The van der Waals surface area contributed by atoms with Gasteiger partial charge in [-0.2, -0.15) is 0 Å². The molecule has 7 heteroatoms. The Hall–Kier alpha value is -3.06. The van der Waals surface area contributed by atoms with E-state index in [4.69, 9.17) is 4.74 Å². The fourth-order valence-electron chi connectivity index (χ4n) is 3.47. The predicted molar refractivity (Wildman–Crippen MR) is 130 cm³/mol. The van der Waals surface area contributed by atoms with Crippen molar-refractivity contribution in [2.45, 2.75) is 26.2 Å². The highest BCUT2D eigenvalue weighted by Crippen LogP contribution is 2.21. The molecule has 170 valence electrons. The van der Waals surface area contributed by atoms with E-state index in [0.717, 1.165) is 28.5 Å². The third-order valence-corrected chi connectivity index (χ3v) is 6.41. The van der Waals surface area contributed by atoms with E-state index in [-0.39, 0.29) is 18.9 Å². The number of nitrogens with one attached hydrogen (secondary N) is 1. The van der Waals surface area contributed by atoms with Crippen LogP contribution in [0.1, 0.15) is 25.3 Å². The molecule has 3 aromatic rings. The Kier molecular flexibility index (Phi) is 8.11. The molecule has 0 unspecified atom stereocenters. The lowest BCUT2D eigenvalue weighted by Crippen LogP contribution is -2.32. The lowest BCUT2D eigenvalue weighted by Gasteiger charge is -2.22. The molecule has 0 saturated heterocycles. The molecule has 32 heavy (non-hydrogen) atoms. The molecular weight excluding hydrogens is 424 g/mol. The van der Waals surface area contributed by atoms with Crippen LogP contribution in [0.25, 0.3) is 10.8 Å². The predicted octanol–water partition coefficient (Wildman–Crippen LogP) is 4.14. The first kappa shape index (κ1) is 23.6. The first-order valence-corrected chi connectivity index (χ1v) is 12.7. The van der Waals surface area contributed by atoms with Crippen LogP contribution in [0.2, 0.25) is 0 Å². The van der Waals surface area contributed by atoms with Gasteiger partial charge in [-0.25, -0.2) is 8.42 Å². The number of carbonyl (C=O) groups excluding carboxylic acids is 1. The van der Waals surface area contributed by atoms with E-state index in [1.165, 1.54) is 10.6 Å². The van der Waals surface area contributed by atoms with Gasteiger partial charge in [0.25, 0.3) is 0 Å². The molecule has 0 radical (unpaired) electrons. The largest absolute Gasteiger partial charge is 0.492 e. The van der Waals surface area contributed by atoms with Crippen LogP contribution in [-0.4, -0.2) is 40.3 Å². The smallest absolute Gasteiger partial charge is 0.232 e. The van der Waals surface area contributed by atoms with E-state index >= 15 is 0 Å². The maximum atomic E-state index is 12.2. The van der Waals surface area contributed by atoms with E-state index in [0.29, 0.717) is 25.3 Å². The first-order chi connectivity index (χ1) is 15.4. The average Bonchev–Trinajstić information content (AvgIpc) is 2.79. The van der Waals surface area contributed by atoms with Crippen molar-refractivity contribution in [2.75, 3.05) is 30.3 Å². The van der Waals surface area contributed by atoms with Crippen LogP contribution >= 0.6 is 0 Å². The topological polar surface area (TPSA) is 75.7 Å². The van der Waals surface area contributed by atoms with Gasteiger partial charge in [-0.05, 0) is 53.4 Å². The molecule has 1 N–H and O–H groups in total. The maximum absolute atomic E-state index is 12.2. The number of amides is 1. The van der Waals surface area contributed by atoms with Crippen molar-refractivity contribution in [1.82, 2.24) is 5.32 Å². The molecule has 3 aromatic carbocycles. The molecular formula is C25H30N2O4S. The van der Waals surface area contributed by atoms with Crippen LogP contribution in [0.4, 0.5) is 5.69 Å². The summed E-state index contributed by atoms with van der Waals surface area (Å²) in [6, 6.07) is 21.4. The van der Waals surface area contributed by atoms with E-state index < -0.39 is 10.0 Å². The minimum Gasteiger partial charge on any atom is -0.492 e. The van der Waals surface area contributed by atoms with Gasteiger partial charge in [0.2, 0.25) is 15.9 Å². The van der Waals surface area contributed by atoms with Crippen molar-refractivity contribution in [2.24, 2.45) is 0 Å². The minimum absolute atomic E-state index is 0.123. The quantitative estimate of drug-likeness (QED) is 0.442. The highest BCUT2D eigenvalue weighted by molar-refractivity contribution is 7.92. The summed E-state index contributed by atoms with van der Waals surface area (Å²) in [7, 11) is -3.42. The monoisotopic (exact) mass is 454 g/mol. The van der Waals surface area contributed by atoms with Crippen molar-refractivity contribution >= 4 is 32.4 Å². The van der Waals surface area contributed by atoms with Crippen LogP contribution < -0.4 is 14.4 Å². The Morgan fingerprint density at radius 1 is 1.00 bits per heavy atom. The SMILES string of the molecule is CCc1ccc(N(CCCC(=O)NCCOc2ccc3ccccc3c2)S(C)(=O)=O)cc1. The van der Waals surface area contributed by atoms with Gasteiger partial charge in [-0.15, -0.1) is 0 Å². The highest BCUT2D eigenvalue weighted by atomic mass is 32.2. The molecule has 0 aliphatic heterocycles. The number of benzene rings is 3.